The second-order valence-electron chi connectivity index (χ2n) is 6.93. The molecule has 0 spiro atoms. The van der Waals surface area contributed by atoms with Gasteiger partial charge in [0.15, 0.2) is 5.96 Å². The number of aryl methyl sites for hydroxylation is 1. The van der Waals surface area contributed by atoms with Crippen LogP contribution in [0.4, 0.5) is 0 Å². The van der Waals surface area contributed by atoms with Crippen LogP contribution in [0.15, 0.2) is 54.3 Å². The van der Waals surface area contributed by atoms with Crippen molar-refractivity contribution in [2.75, 3.05) is 26.2 Å². The van der Waals surface area contributed by atoms with E-state index in [1.165, 1.54) is 6.33 Å². The van der Waals surface area contributed by atoms with Crippen LogP contribution in [0.3, 0.4) is 0 Å². The molecule has 4 rings (SSSR count). The van der Waals surface area contributed by atoms with Crippen molar-refractivity contribution in [2.45, 2.75) is 19.6 Å². The van der Waals surface area contributed by atoms with E-state index in [2.05, 4.69) is 44.5 Å². The minimum atomic E-state index is 0. The summed E-state index contributed by atoms with van der Waals surface area (Å²) in [6, 6.07) is 8.20. The summed E-state index contributed by atoms with van der Waals surface area (Å²) in [7, 11) is 1.92. The van der Waals surface area contributed by atoms with Crippen molar-refractivity contribution in [3.05, 3.63) is 60.4 Å². The molecule has 3 heterocycles. The van der Waals surface area contributed by atoms with E-state index in [0.29, 0.717) is 13.2 Å². The van der Waals surface area contributed by atoms with Gasteiger partial charge < -0.3 is 15.0 Å². The maximum absolute atomic E-state index is 5.96. The fraction of sp³-hybridized carbons (Fsp3) is 0.400. The molecule has 0 radical (unpaired) electrons. The average molecular weight is 522 g/mol. The molecule has 3 aromatic rings. The third-order valence-electron chi connectivity index (χ3n) is 4.83. The Morgan fingerprint density at radius 2 is 2.10 bits per heavy atom. The molecule has 1 aliphatic rings. The van der Waals surface area contributed by atoms with Gasteiger partial charge in [0.2, 0.25) is 0 Å². The van der Waals surface area contributed by atoms with Crippen molar-refractivity contribution >= 4 is 29.9 Å². The lowest BCUT2D eigenvalue weighted by molar-refractivity contribution is -0.00805. The first-order chi connectivity index (χ1) is 14.2. The molecule has 9 nitrogen and oxygen atoms in total. The Morgan fingerprint density at radius 3 is 2.77 bits per heavy atom. The van der Waals surface area contributed by atoms with Crippen molar-refractivity contribution in [1.29, 1.82) is 0 Å². The lowest BCUT2D eigenvalue weighted by atomic mass is 10.1. The zero-order valence-electron chi connectivity index (χ0n) is 17.2. The summed E-state index contributed by atoms with van der Waals surface area (Å²) in [5.41, 5.74) is 3.22. The molecule has 0 aliphatic carbocycles. The van der Waals surface area contributed by atoms with Gasteiger partial charge in [-0.3, -0.25) is 4.68 Å². The van der Waals surface area contributed by atoms with E-state index in [-0.39, 0.29) is 30.1 Å². The molecule has 1 fully saturated rings. The lowest BCUT2D eigenvalue weighted by Gasteiger charge is -2.34. The van der Waals surface area contributed by atoms with Gasteiger partial charge in [-0.2, -0.15) is 10.2 Å². The van der Waals surface area contributed by atoms with Crippen LogP contribution in [0.5, 0.6) is 0 Å². The van der Waals surface area contributed by atoms with Crippen molar-refractivity contribution in [3.8, 4) is 5.69 Å². The Balaban J connectivity index is 0.00000256. The number of hydrogen-bond donors (Lipinski definition) is 1. The first-order valence-electron chi connectivity index (χ1n) is 9.80. The van der Waals surface area contributed by atoms with E-state index in [4.69, 9.17) is 9.73 Å². The maximum Gasteiger partial charge on any atom is 0.194 e. The Kier molecular flexibility index (Phi) is 7.80. The largest absolute Gasteiger partial charge is 0.370 e. The molecule has 1 N–H and O–H groups in total. The number of nitrogens with zero attached hydrogens (tertiary/aromatic N) is 7. The number of guanidine groups is 1. The quantitative estimate of drug-likeness (QED) is 0.314. The molecule has 10 heteroatoms. The summed E-state index contributed by atoms with van der Waals surface area (Å²) >= 11 is 0. The number of benzene rings is 1. The first kappa shape index (κ1) is 22.2. The van der Waals surface area contributed by atoms with E-state index >= 15 is 0 Å². The number of nitrogens with one attached hydrogen (secondary N) is 1. The van der Waals surface area contributed by atoms with Crippen molar-refractivity contribution in [3.63, 3.8) is 0 Å². The molecule has 1 aliphatic heterocycles. The van der Waals surface area contributed by atoms with Gasteiger partial charge in [-0.25, -0.2) is 14.7 Å². The highest BCUT2D eigenvalue weighted by atomic mass is 127. The van der Waals surface area contributed by atoms with Crippen LogP contribution in [0.2, 0.25) is 0 Å². The fourth-order valence-corrected chi connectivity index (χ4v) is 3.34. The number of halogens is 1. The summed E-state index contributed by atoms with van der Waals surface area (Å²) in [5.74, 6) is 0.907. The third kappa shape index (κ3) is 5.36. The van der Waals surface area contributed by atoms with Crippen LogP contribution < -0.4 is 5.32 Å². The van der Waals surface area contributed by atoms with Gasteiger partial charge in [-0.15, -0.1) is 24.0 Å². The van der Waals surface area contributed by atoms with Crippen molar-refractivity contribution < 1.29 is 4.74 Å². The van der Waals surface area contributed by atoms with E-state index in [1.54, 1.807) is 15.7 Å². The van der Waals surface area contributed by atoms with Crippen LogP contribution >= 0.6 is 24.0 Å². The zero-order valence-corrected chi connectivity index (χ0v) is 19.5. The van der Waals surface area contributed by atoms with Crippen molar-refractivity contribution in [1.82, 2.24) is 34.8 Å². The highest BCUT2D eigenvalue weighted by molar-refractivity contribution is 14.0. The number of rotatable bonds is 5. The highest BCUT2D eigenvalue weighted by Crippen LogP contribution is 2.21. The SMILES string of the molecule is CCNC(=NCc1ccc(-n2cncn2)cc1)N1CCOC(c2cnn(C)c2)C1.I. The summed E-state index contributed by atoms with van der Waals surface area (Å²) in [6.07, 6.45) is 7.10. The fourth-order valence-electron chi connectivity index (χ4n) is 3.34. The maximum atomic E-state index is 5.96. The number of aliphatic imine (C=N–C) groups is 1. The molecule has 160 valence electrons. The Labute approximate surface area is 193 Å². The second kappa shape index (κ2) is 10.5. The van der Waals surface area contributed by atoms with Crippen LogP contribution in [0, 0.1) is 0 Å². The van der Waals surface area contributed by atoms with E-state index in [1.807, 2.05) is 31.6 Å². The smallest absolute Gasteiger partial charge is 0.194 e. The molecule has 1 unspecified atom stereocenters. The van der Waals surface area contributed by atoms with Crippen LogP contribution in [0.25, 0.3) is 5.69 Å². The molecule has 1 aromatic carbocycles. The normalized spacial score (nSPS) is 16.9. The van der Waals surface area contributed by atoms with E-state index in [9.17, 15) is 0 Å². The average Bonchev–Trinajstić information content (AvgIpc) is 3.44. The number of aromatic nitrogens is 5. The van der Waals surface area contributed by atoms with Gasteiger partial charge in [-0.1, -0.05) is 12.1 Å². The minimum absolute atomic E-state index is 0. The van der Waals surface area contributed by atoms with Gasteiger partial charge in [0.05, 0.1) is 31.6 Å². The van der Waals surface area contributed by atoms with Crippen LogP contribution in [-0.4, -0.2) is 61.6 Å². The minimum Gasteiger partial charge on any atom is -0.370 e. The molecule has 1 atom stereocenters. The summed E-state index contributed by atoms with van der Waals surface area (Å²) in [4.78, 5) is 11.1. The molecule has 0 saturated carbocycles. The van der Waals surface area contributed by atoms with Gasteiger partial charge in [0.1, 0.15) is 18.8 Å². The van der Waals surface area contributed by atoms with E-state index in [0.717, 1.165) is 42.4 Å². The second-order valence-corrected chi connectivity index (χ2v) is 6.93. The van der Waals surface area contributed by atoms with Gasteiger partial charge in [0.25, 0.3) is 0 Å². The first-order valence-corrected chi connectivity index (χ1v) is 9.80. The monoisotopic (exact) mass is 522 g/mol. The number of ether oxygens (including phenoxy) is 1. The molecular formula is C20H27IN8O. The molecular weight excluding hydrogens is 495 g/mol. The predicted octanol–water partition coefficient (Wildman–Crippen LogP) is 2.16. The topological polar surface area (TPSA) is 85.4 Å². The lowest BCUT2D eigenvalue weighted by Crippen LogP contribution is -2.48. The third-order valence-corrected chi connectivity index (χ3v) is 4.83. The standard InChI is InChI=1S/C20H26N8O.HI/c1-3-22-20(27-8-9-29-19(13-27)17-11-24-26(2)12-17)23-10-16-4-6-18(7-5-16)28-15-21-14-25-28;/h4-7,11-12,14-15,19H,3,8-10,13H2,1-2H3,(H,22,23);1H. The summed E-state index contributed by atoms with van der Waals surface area (Å²) < 4.78 is 9.50. The van der Waals surface area contributed by atoms with Gasteiger partial charge >= 0.3 is 0 Å². The van der Waals surface area contributed by atoms with Crippen LogP contribution in [0.1, 0.15) is 24.2 Å². The predicted molar refractivity (Wildman–Crippen MR) is 125 cm³/mol. The van der Waals surface area contributed by atoms with Gasteiger partial charge in [-0.05, 0) is 24.6 Å². The van der Waals surface area contributed by atoms with E-state index < -0.39 is 0 Å². The Morgan fingerprint density at radius 1 is 1.27 bits per heavy atom. The molecule has 1 saturated heterocycles. The highest BCUT2D eigenvalue weighted by Gasteiger charge is 2.25. The number of hydrogen-bond acceptors (Lipinski definition) is 5. The van der Waals surface area contributed by atoms with Gasteiger partial charge in [0, 0.05) is 31.9 Å². The zero-order chi connectivity index (χ0) is 20.1. The molecule has 0 amide bonds. The van der Waals surface area contributed by atoms with Crippen LogP contribution in [-0.2, 0) is 18.3 Å². The van der Waals surface area contributed by atoms with Crippen molar-refractivity contribution in [2.24, 2.45) is 12.0 Å². The summed E-state index contributed by atoms with van der Waals surface area (Å²) in [5, 5.41) is 11.8. The number of morpholine rings is 1. The Bertz CT molecular complexity index is 938. The molecule has 30 heavy (non-hydrogen) atoms. The Hall–Kier alpha value is -2.47. The molecule has 2 aromatic heterocycles. The summed E-state index contributed by atoms with van der Waals surface area (Å²) in [6.45, 7) is 5.74. The molecule has 0 bridgehead atoms.